The summed E-state index contributed by atoms with van der Waals surface area (Å²) in [5.41, 5.74) is 9.59. The maximum absolute atomic E-state index is 4.99. The van der Waals surface area contributed by atoms with Crippen LogP contribution in [0.4, 0.5) is 0 Å². The highest BCUT2D eigenvalue weighted by Crippen LogP contribution is 2.32. The van der Waals surface area contributed by atoms with Gasteiger partial charge in [-0.15, -0.1) is 0 Å². The highest BCUT2D eigenvalue weighted by Gasteiger charge is 2.12. The third kappa shape index (κ3) is 5.13. The highest BCUT2D eigenvalue weighted by molar-refractivity contribution is 9.10. The molecule has 6 rings (SSSR count). The van der Waals surface area contributed by atoms with Crippen molar-refractivity contribution in [3.8, 4) is 56.2 Å². The molecule has 2 nitrogen and oxygen atoms in total. The minimum absolute atomic E-state index is 0.713. The standard InChI is InChI=1S/C34H23BrN2/c35-31-19-9-17-29(22-31)27-15-7-14-26(20-27)28-16-8-18-30(21-28)34-36-32(24-10-3-1-4-11-24)23-33(37-34)25-12-5-2-6-13-25/h1-23H. The molecule has 1 heterocycles. The molecule has 0 atom stereocenters. The summed E-state index contributed by atoms with van der Waals surface area (Å²) in [6, 6.07) is 48.1. The lowest BCUT2D eigenvalue weighted by Gasteiger charge is -2.11. The normalized spacial score (nSPS) is 10.8. The summed E-state index contributed by atoms with van der Waals surface area (Å²) >= 11 is 3.59. The summed E-state index contributed by atoms with van der Waals surface area (Å²) in [5, 5.41) is 0. The Balaban J connectivity index is 1.44. The van der Waals surface area contributed by atoms with Crippen molar-refractivity contribution in [2.24, 2.45) is 0 Å². The van der Waals surface area contributed by atoms with Gasteiger partial charge in [0.2, 0.25) is 0 Å². The molecule has 1 aromatic heterocycles. The SMILES string of the molecule is Brc1cccc(-c2cccc(-c3cccc(-c4nc(-c5ccccc5)cc(-c5ccccc5)n4)c3)c2)c1. The Kier molecular flexibility index (Phi) is 6.45. The van der Waals surface area contributed by atoms with Crippen molar-refractivity contribution in [1.82, 2.24) is 9.97 Å². The first kappa shape index (κ1) is 23.1. The van der Waals surface area contributed by atoms with Gasteiger partial charge in [0.1, 0.15) is 0 Å². The third-order valence-corrected chi connectivity index (χ3v) is 6.83. The van der Waals surface area contributed by atoms with Gasteiger partial charge in [0.15, 0.2) is 5.82 Å². The zero-order valence-electron chi connectivity index (χ0n) is 20.1. The minimum Gasteiger partial charge on any atom is -0.228 e. The smallest absolute Gasteiger partial charge is 0.160 e. The number of hydrogen-bond acceptors (Lipinski definition) is 2. The van der Waals surface area contributed by atoms with Crippen molar-refractivity contribution in [1.29, 1.82) is 0 Å². The van der Waals surface area contributed by atoms with Gasteiger partial charge < -0.3 is 0 Å². The summed E-state index contributed by atoms with van der Waals surface area (Å²) in [5.74, 6) is 0.713. The summed E-state index contributed by atoms with van der Waals surface area (Å²) in [6.07, 6.45) is 0. The van der Waals surface area contributed by atoms with Crippen LogP contribution in [0.1, 0.15) is 0 Å². The number of halogens is 1. The molecule has 0 unspecified atom stereocenters. The fraction of sp³-hybridized carbons (Fsp3) is 0. The maximum atomic E-state index is 4.99. The molecule has 0 spiro atoms. The van der Waals surface area contributed by atoms with E-state index in [4.69, 9.17) is 9.97 Å². The Morgan fingerprint density at radius 3 is 1.27 bits per heavy atom. The number of benzene rings is 5. The first-order valence-corrected chi connectivity index (χ1v) is 13.0. The maximum Gasteiger partial charge on any atom is 0.160 e. The van der Waals surface area contributed by atoms with Crippen LogP contribution in [0.5, 0.6) is 0 Å². The van der Waals surface area contributed by atoms with Gasteiger partial charge in [-0.05, 0) is 52.6 Å². The molecule has 0 aliphatic heterocycles. The molecule has 0 aliphatic carbocycles. The molecule has 3 heteroatoms. The van der Waals surface area contributed by atoms with Gasteiger partial charge in [0.05, 0.1) is 11.4 Å². The van der Waals surface area contributed by atoms with Crippen LogP contribution in [-0.4, -0.2) is 9.97 Å². The Hall–Kier alpha value is -4.34. The molecule has 6 aromatic rings. The average Bonchev–Trinajstić information content (AvgIpc) is 2.98. The molecule has 176 valence electrons. The van der Waals surface area contributed by atoms with Gasteiger partial charge in [-0.3, -0.25) is 0 Å². The van der Waals surface area contributed by atoms with E-state index < -0.39 is 0 Å². The second kappa shape index (κ2) is 10.3. The van der Waals surface area contributed by atoms with Crippen molar-refractivity contribution in [3.05, 3.63) is 144 Å². The van der Waals surface area contributed by atoms with E-state index in [-0.39, 0.29) is 0 Å². The van der Waals surface area contributed by atoms with E-state index in [0.29, 0.717) is 5.82 Å². The van der Waals surface area contributed by atoms with Crippen molar-refractivity contribution in [2.45, 2.75) is 0 Å². The number of nitrogens with zero attached hydrogens (tertiary/aromatic N) is 2. The molecule has 37 heavy (non-hydrogen) atoms. The lowest BCUT2D eigenvalue weighted by molar-refractivity contribution is 1.18. The quantitative estimate of drug-likeness (QED) is 0.218. The molecule has 5 aromatic carbocycles. The molecule has 0 bridgehead atoms. The molecule has 0 fully saturated rings. The molecular formula is C34H23BrN2. The van der Waals surface area contributed by atoms with E-state index in [9.17, 15) is 0 Å². The summed E-state index contributed by atoms with van der Waals surface area (Å²) in [4.78, 5) is 9.99. The summed E-state index contributed by atoms with van der Waals surface area (Å²) in [7, 11) is 0. The van der Waals surface area contributed by atoms with E-state index in [2.05, 4.69) is 113 Å². The fourth-order valence-corrected chi connectivity index (χ4v) is 4.87. The van der Waals surface area contributed by atoms with E-state index in [1.54, 1.807) is 0 Å². The number of aromatic nitrogens is 2. The zero-order chi connectivity index (χ0) is 25.0. The fourth-order valence-electron chi connectivity index (χ4n) is 4.47. The third-order valence-electron chi connectivity index (χ3n) is 6.34. The molecule has 0 aliphatic rings. The largest absolute Gasteiger partial charge is 0.228 e. The van der Waals surface area contributed by atoms with E-state index in [1.807, 2.05) is 42.5 Å². The topological polar surface area (TPSA) is 25.8 Å². The van der Waals surface area contributed by atoms with Gasteiger partial charge in [0, 0.05) is 21.2 Å². The molecule has 0 amide bonds. The first-order chi connectivity index (χ1) is 18.2. The van der Waals surface area contributed by atoms with Gasteiger partial charge in [-0.1, -0.05) is 125 Å². The molecule has 0 radical (unpaired) electrons. The summed E-state index contributed by atoms with van der Waals surface area (Å²) < 4.78 is 1.07. The summed E-state index contributed by atoms with van der Waals surface area (Å²) in [6.45, 7) is 0. The van der Waals surface area contributed by atoms with Gasteiger partial charge in [-0.25, -0.2) is 9.97 Å². The Morgan fingerprint density at radius 2 is 0.757 bits per heavy atom. The van der Waals surface area contributed by atoms with Crippen LogP contribution in [-0.2, 0) is 0 Å². The van der Waals surface area contributed by atoms with Crippen LogP contribution >= 0.6 is 15.9 Å². The van der Waals surface area contributed by atoms with Gasteiger partial charge >= 0.3 is 0 Å². The second-order valence-corrected chi connectivity index (χ2v) is 9.78. The molecule has 0 N–H and O–H groups in total. The van der Waals surface area contributed by atoms with Crippen molar-refractivity contribution in [3.63, 3.8) is 0 Å². The Labute approximate surface area is 225 Å². The van der Waals surface area contributed by atoms with Crippen LogP contribution in [0, 0.1) is 0 Å². The first-order valence-electron chi connectivity index (χ1n) is 12.2. The Bertz CT molecular complexity index is 1620. The predicted molar refractivity (Wildman–Crippen MR) is 157 cm³/mol. The van der Waals surface area contributed by atoms with Crippen LogP contribution in [0.15, 0.2) is 144 Å². The molecule has 0 saturated carbocycles. The Morgan fingerprint density at radius 1 is 0.351 bits per heavy atom. The van der Waals surface area contributed by atoms with Crippen LogP contribution in [0.2, 0.25) is 0 Å². The molecule has 0 saturated heterocycles. The van der Waals surface area contributed by atoms with Crippen LogP contribution < -0.4 is 0 Å². The van der Waals surface area contributed by atoms with Crippen LogP contribution in [0.25, 0.3) is 56.2 Å². The molecular weight excluding hydrogens is 516 g/mol. The number of rotatable bonds is 5. The van der Waals surface area contributed by atoms with Gasteiger partial charge in [-0.2, -0.15) is 0 Å². The monoisotopic (exact) mass is 538 g/mol. The van der Waals surface area contributed by atoms with E-state index >= 15 is 0 Å². The van der Waals surface area contributed by atoms with E-state index in [1.165, 1.54) is 11.1 Å². The van der Waals surface area contributed by atoms with Crippen molar-refractivity contribution < 1.29 is 0 Å². The minimum atomic E-state index is 0.713. The van der Waals surface area contributed by atoms with Crippen molar-refractivity contribution >= 4 is 15.9 Å². The number of hydrogen-bond donors (Lipinski definition) is 0. The zero-order valence-corrected chi connectivity index (χ0v) is 21.6. The van der Waals surface area contributed by atoms with Crippen LogP contribution in [0.3, 0.4) is 0 Å². The van der Waals surface area contributed by atoms with E-state index in [0.717, 1.165) is 43.7 Å². The average molecular weight is 539 g/mol. The lowest BCUT2D eigenvalue weighted by atomic mass is 9.98. The lowest BCUT2D eigenvalue weighted by Crippen LogP contribution is -1.96. The predicted octanol–water partition coefficient (Wildman–Crippen LogP) is 9.57. The second-order valence-electron chi connectivity index (χ2n) is 8.87. The van der Waals surface area contributed by atoms with Crippen molar-refractivity contribution in [2.75, 3.05) is 0 Å². The van der Waals surface area contributed by atoms with Gasteiger partial charge in [0.25, 0.3) is 0 Å². The highest BCUT2D eigenvalue weighted by atomic mass is 79.9.